The Morgan fingerprint density at radius 1 is 1.56 bits per heavy atom. The number of aryl methyl sites for hydroxylation is 1. The van der Waals surface area contributed by atoms with Gasteiger partial charge < -0.3 is 11.1 Å². The maximum Gasteiger partial charge on any atom is 0.257 e. The minimum atomic E-state index is -0.241. The van der Waals surface area contributed by atoms with E-state index < -0.39 is 0 Å². The number of H-pyrrole nitrogens is 1. The Morgan fingerprint density at radius 3 is 2.89 bits per heavy atom. The van der Waals surface area contributed by atoms with E-state index in [0.717, 1.165) is 5.56 Å². The second-order valence-electron chi connectivity index (χ2n) is 4.09. The van der Waals surface area contributed by atoms with Crippen molar-refractivity contribution in [2.75, 3.05) is 5.73 Å². The van der Waals surface area contributed by atoms with Crippen molar-refractivity contribution in [3.63, 3.8) is 0 Å². The number of pyridine rings is 1. The molecule has 0 aliphatic rings. The molecule has 0 fully saturated rings. The first kappa shape index (κ1) is 12.1. The van der Waals surface area contributed by atoms with Crippen molar-refractivity contribution in [1.29, 1.82) is 0 Å². The molecule has 0 aliphatic heterocycles. The van der Waals surface area contributed by atoms with Gasteiger partial charge in [-0.05, 0) is 25.5 Å². The number of rotatable bonds is 3. The Hall–Kier alpha value is -2.37. The van der Waals surface area contributed by atoms with Gasteiger partial charge in [-0.2, -0.15) is 5.10 Å². The zero-order valence-corrected chi connectivity index (χ0v) is 10.3. The lowest BCUT2D eigenvalue weighted by atomic mass is 10.1. The highest BCUT2D eigenvalue weighted by molar-refractivity contribution is 5.99. The highest BCUT2D eigenvalue weighted by Gasteiger charge is 2.18. The molecule has 6 heteroatoms. The third-order valence-corrected chi connectivity index (χ3v) is 2.73. The van der Waals surface area contributed by atoms with Gasteiger partial charge in [-0.25, -0.2) is 0 Å². The molecule has 94 valence electrons. The molecule has 4 N–H and O–H groups in total. The van der Waals surface area contributed by atoms with Crippen molar-refractivity contribution in [3.05, 3.63) is 41.3 Å². The summed E-state index contributed by atoms with van der Waals surface area (Å²) in [6, 6.07) is 3.60. The molecule has 0 aromatic carbocycles. The number of amides is 1. The second-order valence-corrected chi connectivity index (χ2v) is 4.09. The van der Waals surface area contributed by atoms with Gasteiger partial charge in [0.15, 0.2) is 5.82 Å². The molecule has 18 heavy (non-hydrogen) atoms. The first-order valence-corrected chi connectivity index (χ1v) is 5.61. The first-order chi connectivity index (χ1) is 8.59. The van der Waals surface area contributed by atoms with Gasteiger partial charge in [-0.3, -0.25) is 14.9 Å². The van der Waals surface area contributed by atoms with Crippen LogP contribution in [0.3, 0.4) is 0 Å². The van der Waals surface area contributed by atoms with E-state index in [1.807, 2.05) is 19.1 Å². The van der Waals surface area contributed by atoms with Crippen LogP contribution in [0.1, 0.15) is 34.6 Å². The van der Waals surface area contributed by atoms with E-state index in [0.29, 0.717) is 11.3 Å². The normalized spacial score (nSPS) is 12.1. The van der Waals surface area contributed by atoms with Crippen LogP contribution < -0.4 is 11.1 Å². The molecule has 0 saturated carbocycles. The standard InChI is InChI=1S/C12H15N5O/c1-7(9-4-3-5-14-6-9)15-12(18)10-8(2)16-17-11(10)13/h3-7H,1-2H3,(H,15,18)(H3,13,16,17). The summed E-state index contributed by atoms with van der Waals surface area (Å²) in [4.78, 5) is 16.1. The maximum absolute atomic E-state index is 12.1. The molecule has 2 heterocycles. The fourth-order valence-electron chi connectivity index (χ4n) is 1.72. The third-order valence-electron chi connectivity index (χ3n) is 2.73. The van der Waals surface area contributed by atoms with Crippen LogP contribution in [0.5, 0.6) is 0 Å². The Labute approximate surface area is 105 Å². The van der Waals surface area contributed by atoms with Crippen LogP contribution in [0, 0.1) is 6.92 Å². The van der Waals surface area contributed by atoms with E-state index in [-0.39, 0.29) is 17.8 Å². The fourth-order valence-corrected chi connectivity index (χ4v) is 1.72. The van der Waals surface area contributed by atoms with Crippen molar-refractivity contribution in [2.45, 2.75) is 19.9 Å². The number of hydrogen-bond donors (Lipinski definition) is 3. The summed E-state index contributed by atoms with van der Waals surface area (Å²) in [5.74, 6) is -0.0292. The topological polar surface area (TPSA) is 96.7 Å². The molecule has 2 aromatic rings. The quantitative estimate of drug-likeness (QED) is 0.756. The third kappa shape index (κ3) is 2.32. The molecular weight excluding hydrogens is 230 g/mol. The predicted molar refractivity (Wildman–Crippen MR) is 67.9 cm³/mol. The molecule has 0 spiro atoms. The number of nitrogens with two attached hydrogens (primary N) is 1. The van der Waals surface area contributed by atoms with Crippen molar-refractivity contribution in [3.8, 4) is 0 Å². The van der Waals surface area contributed by atoms with Gasteiger partial charge in [0, 0.05) is 18.1 Å². The Kier molecular flexibility index (Phi) is 3.27. The van der Waals surface area contributed by atoms with Crippen LogP contribution in [0.25, 0.3) is 0 Å². The highest BCUT2D eigenvalue weighted by Crippen LogP contribution is 2.15. The van der Waals surface area contributed by atoms with Gasteiger partial charge in [0.1, 0.15) is 5.56 Å². The van der Waals surface area contributed by atoms with Crippen molar-refractivity contribution in [1.82, 2.24) is 20.5 Å². The molecule has 0 saturated heterocycles. The average molecular weight is 245 g/mol. The van der Waals surface area contributed by atoms with Gasteiger partial charge in [0.05, 0.1) is 6.04 Å². The summed E-state index contributed by atoms with van der Waals surface area (Å²) in [6.45, 7) is 3.65. The lowest BCUT2D eigenvalue weighted by Gasteiger charge is -2.13. The molecule has 1 unspecified atom stereocenters. The summed E-state index contributed by atoms with van der Waals surface area (Å²) in [5, 5.41) is 9.34. The number of aromatic nitrogens is 3. The number of hydrogen-bond acceptors (Lipinski definition) is 4. The van der Waals surface area contributed by atoms with Crippen LogP contribution in [0.15, 0.2) is 24.5 Å². The zero-order valence-electron chi connectivity index (χ0n) is 10.3. The number of anilines is 1. The predicted octanol–water partition coefficient (Wildman–Crippen LogP) is 1.19. The number of carbonyl (C=O) groups excluding carboxylic acids is 1. The highest BCUT2D eigenvalue weighted by atomic mass is 16.1. The lowest BCUT2D eigenvalue weighted by Crippen LogP contribution is -2.27. The van der Waals surface area contributed by atoms with Gasteiger partial charge in [-0.15, -0.1) is 0 Å². The van der Waals surface area contributed by atoms with E-state index in [4.69, 9.17) is 5.73 Å². The molecule has 2 aromatic heterocycles. The van der Waals surface area contributed by atoms with Crippen LogP contribution in [0.4, 0.5) is 5.82 Å². The summed E-state index contributed by atoms with van der Waals surface area (Å²) >= 11 is 0. The molecule has 6 nitrogen and oxygen atoms in total. The maximum atomic E-state index is 12.1. The Morgan fingerprint density at radius 2 is 2.33 bits per heavy atom. The average Bonchev–Trinajstić information content (AvgIpc) is 2.70. The summed E-state index contributed by atoms with van der Waals surface area (Å²) < 4.78 is 0. The second kappa shape index (κ2) is 4.87. The summed E-state index contributed by atoms with van der Waals surface area (Å²) in [7, 11) is 0. The van der Waals surface area contributed by atoms with Gasteiger partial charge in [0.25, 0.3) is 5.91 Å². The van der Waals surface area contributed by atoms with Crippen LogP contribution in [-0.2, 0) is 0 Å². The number of aromatic amines is 1. The van der Waals surface area contributed by atoms with E-state index in [1.54, 1.807) is 19.3 Å². The smallest absolute Gasteiger partial charge is 0.257 e. The van der Waals surface area contributed by atoms with Crippen LogP contribution >= 0.6 is 0 Å². The molecule has 2 rings (SSSR count). The minimum Gasteiger partial charge on any atom is -0.382 e. The molecule has 0 radical (unpaired) electrons. The van der Waals surface area contributed by atoms with Crippen LogP contribution in [-0.4, -0.2) is 21.1 Å². The summed E-state index contributed by atoms with van der Waals surface area (Å²) in [6.07, 6.45) is 3.41. The number of nitrogens with zero attached hydrogens (tertiary/aromatic N) is 2. The molecule has 0 bridgehead atoms. The van der Waals surface area contributed by atoms with Gasteiger partial charge >= 0.3 is 0 Å². The molecule has 1 amide bonds. The zero-order chi connectivity index (χ0) is 13.1. The van der Waals surface area contributed by atoms with E-state index in [1.165, 1.54) is 0 Å². The molecule has 0 aliphatic carbocycles. The summed E-state index contributed by atoms with van der Waals surface area (Å²) in [5.41, 5.74) is 7.63. The first-order valence-electron chi connectivity index (χ1n) is 5.61. The SMILES string of the molecule is Cc1[nH]nc(N)c1C(=O)NC(C)c1cccnc1. The van der Waals surface area contributed by atoms with Crippen molar-refractivity contribution in [2.24, 2.45) is 0 Å². The van der Waals surface area contributed by atoms with E-state index in [9.17, 15) is 4.79 Å². The van der Waals surface area contributed by atoms with E-state index >= 15 is 0 Å². The Bertz CT molecular complexity index is 529. The van der Waals surface area contributed by atoms with E-state index in [2.05, 4.69) is 20.5 Å². The van der Waals surface area contributed by atoms with Gasteiger partial charge in [-0.1, -0.05) is 6.07 Å². The number of nitrogens with one attached hydrogen (secondary N) is 2. The van der Waals surface area contributed by atoms with Crippen molar-refractivity contribution < 1.29 is 4.79 Å². The van der Waals surface area contributed by atoms with Crippen LogP contribution in [0.2, 0.25) is 0 Å². The van der Waals surface area contributed by atoms with Gasteiger partial charge in [0.2, 0.25) is 0 Å². The lowest BCUT2D eigenvalue weighted by molar-refractivity contribution is 0.0940. The number of carbonyl (C=O) groups is 1. The van der Waals surface area contributed by atoms with Crippen molar-refractivity contribution >= 4 is 11.7 Å². The number of nitrogen functional groups attached to an aromatic ring is 1. The largest absolute Gasteiger partial charge is 0.382 e. The molecule has 1 atom stereocenters. The minimum absolute atomic E-state index is 0.139. The Balaban J connectivity index is 2.13. The fraction of sp³-hybridized carbons (Fsp3) is 0.250. The molecular formula is C12H15N5O. The monoisotopic (exact) mass is 245 g/mol.